The Morgan fingerprint density at radius 2 is 2.12 bits per heavy atom. The van der Waals surface area contributed by atoms with Gasteiger partial charge in [0.05, 0.1) is 27.4 Å². The van der Waals surface area contributed by atoms with Gasteiger partial charge in [-0.15, -0.1) is 0 Å². The second-order valence-corrected chi connectivity index (χ2v) is 8.70. The van der Waals surface area contributed by atoms with Gasteiger partial charge in [0.2, 0.25) is 0 Å². The standard InChI is InChI=1S/C22H17FN6O2S/c23-12-1-2-13-15(7-12)17-14(3-4-25-21(17)31)20-18(13)28-22(32-20)29-6-5-24-10-16(29)19(30)11-8-26-27-9-11/h1-4,7-9,16,24H,5-6,10H2,(H,25,31)(H,26,27). The van der Waals surface area contributed by atoms with Crippen molar-refractivity contribution in [1.29, 1.82) is 0 Å². The van der Waals surface area contributed by atoms with Gasteiger partial charge in [0.15, 0.2) is 10.9 Å². The summed E-state index contributed by atoms with van der Waals surface area (Å²) in [6.45, 7) is 1.82. The molecular formula is C22H17FN6O2S. The summed E-state index contributed by atoms with van der Waals surface area (Å²) in [4.78, 5) is 35.4. The van der Waals surface area contributed by atoms with Crippen molar-refractivity contribution in [3.05, 3.63) is 64.6 Å². The molecule has 1 atom stereocenters. The summed E-state index contributed by atoms with van der Waals surface area (Å²) in [6.07, 6.45) is 4.70. The summed E-state index contributed by atoms with van der Waals surface area (Å²) in [5, 5.41) is 13.0. The Bertz CT molecular complexity index is 1560. The second-order valence-electron chi connectivity index (χ2n) is 7.72. The fourth-order valence-corrected chi connectivity index (χ4v) is 5.59. The minimum Gasteiger partial charge on any atom is -0.335 e. The van der Waals surface area contributed by atoms with E-state index < -0.39 is 11.9 Å². The number of aromatic amines is 2. The van der Waals surface area contributed by atoms with Crippen molar-refractivity contribution in [2.45, 2.75) is 6.04 Å². The van der Waals surface area contributed by atoms with Crippen molar-refractivity contribution < 1.29 is 9.18 Å². The summed E-state index contributed by atoms with van der Waals surface area (Å²) in [5.41, 5.74) is 0.944. The Labute approximate surface area is 184 Å². The summed E-state index contributed by atoms with van der Waals surface area (Å²) < 4.78 is 14.9. The molecule has 0 amide bonds. The highest BCUT2D eigenvalue weighted by Crippen LogP contribution is 2.40. The monoisotopic (exact) mass is 448 g/mol. The normalized spacial score (nSPS) is 16.9. The Morgan fingerprint density at radius 3 is 2.97 bits per heavy atom. The van der Waals surface area contributed by atoms with Crippen LogP contribution < -0.4 is 15.8 Å². The number of piperazine rings is 1. The Kier molecular flexibility index (Phi) is 4.30. The molecule has 1 unspecified atom stereocenters. The van der Waals surface area contributed by atoms with Crippen molar-refractivity contribution in [2.24, 2.45) is 0 Å². The number of benzene rings is 2. The number of carbonyl (C=O) groups excluding carboxylic acids is 1. The van der Waals surface area contributed by atoms with Gasteiger partial charge in [-0.25, -0.2) is 9.37 Å². The highest BCUT2D eigenvalue weighted by atomic mass is 32.1. The van der Waals surface area contributed by atoms with E-state index in [-0.39, 0.29) is 11.3 Å². The van der Waals surface area contributed by atoms with Crippen LogP contribution in [0.2, 0.25) is 0 Å². The van der Waals surface area contributed by atoms with Gasteiger partial charge in [-0.3, -0.25) is 14.7 Å². The average molecular weight is 448 g/mol. The molecule has 32 heavy (non-hydrogen) atoms. The van der Waals surface area contributed by atoms with Crippen LogP contribution in [0.3, 0.4) is 0 Å². The lowest BCUT2D eigenvalue weighted by Crippen LogP contribution is -2.55. The molecule has 3 aromatic heterocycles. The molecule has 0 aliphatic carbocycles. The van der Waals surface area contributed by atoms with E-state index in [0.717, 1.165) is 16.6 Å². The third kappa shape index (κ3) is 2.84. The minimum absolute atomic E-state index is 0.0431. The number of Topliss-reactive ketones (excluding diaryl/α,β-unsaturated/α-hetero) is 1. The number of ketones is 1. The fraction of sp³-hybridized carbons (Fsp3) is 0.182. The molecule has 0 spiro atoms. The number of hydrogen-bond donors (Lipinski definition) is 3. The molecular weight excluding hydrogens is 431 g/mol. The van der Waals surface area contributed by atoms with Crippen molar-refractivity contribution in [3.63, 3.8) is 0 Å². The summed E-state index contributed by atoms with van der Waals surface area (Å²) in [7, 11) is 0. The van der Waals surface area contributed by atoms with Crippen LogP contribution in [0.15, 0.2) is 47.7 Å². The van der Waals surface area contributed by atoms with Crippen LogP contribution in [-0.4, -0.2) is 51.6 Å². The fourth-order valence-electron chi connectivity index (χ4n) is 4.41. The number of nitrogens with one attached hydrogen (secondary N) is 3. The highest BCUT2D eigenvalue weighted by Gasteiger charge is 2.32. The summed E-state index contributed by atoms with van der Waals surface area (Å²) >= 11 is 1.44. The number of rotatable bonds is 3. The van der Waals surface area contributed by atoms with E-state index in [1.807, 2.05) is 11.0 Å². The van der Waals surface area contributed by atoms with E-state index in [9.17, 15) is 14.0 Å². The first-order valence-corrected chi connectivity index (χ1v) is 11.0. The van der Waals surface area contributed by atoms with Crippen LogP contribution in [0, 0.1) is 5.82 Å². The smallest absolute Gasteiger partial charge is 0.256 e. The maximum absolute atomic E-state index is 14.1. The number of carbonyl (C=O) groups is 1. The maximum atomic E-state index is 14.1. The number of H-pyrrole nitrogens is 2. The number of halogens is 1. The number of pyridine rings is 1. The number of aromatic nitrogens is 4. The average Bonchev–Trinajstić information content (AvgIpc) is 3.49. The molecule has 1 saturated heterocycles. The largest absolute Gasteiger partial charge is 0.335 e. The Morgan fingerprint density at radius 1 is 1.22 bits per heavy atom. The molecule has 1 fully saturated rings. The number of fused-ring (bicyclic) bond motifs is 6. The zero-order valence-electron chi connectivity index (χ0n) is 16.7. The highest BCUT2D eigenvalue weighted by molar-refractivity contribution is 7.23. The second kappa shape index (κ2) is 7.21. The molecule has 2 aromatic carbocycles. The van der Waals surface area contributed by atoms with Crippen LogP contribution in [0.25, 0.3) is 31.8 Å². The van der Waals surface area contributed by atoms with E-state index in [1.165, 1.54) is 29.7 Å². The Hall–Kier alpha value is -3.63. The van der Waals surface area contributed by atoms with Crippen LogP contribution in [0.1, 0.15) is 10.4 Å². The van der Waals surface area contributed by atoms with Gasteiger partial charge in [-0.1, -0.05) is 11.3 Å². The molecule has 0 radical (unpaired) electrons. The molecule has 10 heteroatoms. The van der Waals surface area contributed by atoms with Gasteiger partial charge >= 0.3 is 0 Å². The predicted molar refractivity (Wildman–Crippen MR) is 122 cm³/mol. The molecule has 1 aliphatic rings. The quantitative estimate of drug-likeness (QED) is 0.290. The zero-order chi connectivity index (χ0) is 21.8. The van der Waals surface area contributed by atoms with Crippen molar-refractivity contribution >= 4 is 54.0 Å². The first kappa shape index (κ1) is 19.1. The number of nitrogens with zero attached hydrogens (tertiary/aromatic N) is 3. The summed E-state index contributed by atoms with van der Waals surface area (Å²) in [6, 6.07) is 5.80. The third-order valence-corrected chi connectivity index (χ3v) is 7.03. The van der Waals surface area contributed by atoms with Gasteiger partial charge in [-0.05, 0) is 24.3 Å². The topological polar surface area (TPSA) is 107 Å². The van der Waals surface area contributed by atoms with Crippen LogP contribution in [0.4, 0.5) is 9.52 Å². The van der Waals surface area contributed by atoms with Gasteiger partial charge in [0, 0.05) is 48.2 Å². The van der Waals surface area contributed by atoms with Crippen molar-refractivity contribution in [1.82, 2.24) is 25.5 Å². The molecule has 5 aromatic rings. The maximum Gasteiger partial charge on any atom is 0.256 e. The van der Waals surface area contributed by atoms with Gasteiger partial charge in [0.25, 0.3) is 5.56 Å². The van der Waals surface area contributed by atoms with Gasteiger partial charge in [0.1, 0.15) is 11.9 Å². The van der Waals surface area contributed by atoms with Crippen molar-refractivity contribution in [3.8, 4) is 0 Å². The van der Waals surface area contributed by atoms with Crippen molar-refractivity contribution in [2.75, 3.05) is 24.5 Å². The minimum atomic E-state index is -0.430. The lowest BCUT2D eigenvalue weighted by Gasteiger charge is -2.34. The van der Waals surface area contributed by atoms with Crippen LogP contribution >= 0.6 is 11.3 Å². The molecule has 160 valence electrons. The lowest BCUT2D eigenvalue weighted by atomic mass is 10.0. The lowest BCUT2D eigenvalue weighted by molar-refractivity contribution is 0.0951. The number of hydrogen-bond acceptors (Lipinski definition) is 7. The van der Waals surface area contributed by atoms with E-state index in [0.29, 0.717) is 45.5 Å². The Balaban J connectivity index is 1.59. The molecule has 3 N–H and O–H groups in total. The third-order valence-electron chi connectivity index (χ3n) is 5.90. The molecule has 4 heterocycles. The van der Waals surface area contributed by atoms with Gasteiger partial charge in [-0.2, -0.15) is 5.10 Å². The van der Waals surface area contributed by atoms with Crippen LogP contribution in [-0.2, 0) is 0 Å². The van der Waals surface area contributed by atoms with E-state index in [1.54, 1.807) is 18.5 Å². The zero-order valence-corrected chi connectivity index (χ0v) is 17.5. The SMILES string of the molecule is O=C(c1cn[nH]c1)C1CNCCN1c1nc2c3ccc(F)cc3c3c(=O)[nH]ccc3c2s1. The molecule has 0 saturated carbocycles. The molecule has 6 rings (SSSR count). The van der Waals surface area contributed by atoms with E-state index >= 15 is 0 Å². The molecule has 1 aliphatic heterocycles. The van der Waals surface area contributed by atoms with E-state index in [4.69, 9.17) is 4.98 Å². The molecule has 0 bridgehead atoms. The molecule has 8 nitrogen and oxygen atoms in total. The predicted octanol–water partition coefficient (Wildman–Crippen LogP) is 2.81. The number of anilines is 1. The van der Waals surface area contributed by atoms with Crippen LogP contribution in [0.5, 0.6) is 0 Å². The van der Waals surface area contributed by atoms with E-state index in [2.05, 4.69) is 20.5 Å². The first-order chi connectivity index (χ1) is 15.6. The first-order valence-electron chi connectivity index (χ1n) is 10.2. The summed E-state index contributed by atoms with van der Waals surface area (Å²) in [5.74, 6) is -0.455. The number of thiazole rings is 1. The van der Waals surface area contributed by atoms with Gasteiger partial charge < -0.3 is 15.2 Å².